The van der Waals surface area contributed by atoms with Crippen molar-refractivity contribution in [1.29, 1.82) is 0 Å². The Kier molecular flexibility index (Phi) is 3.50. The van der Waals surface area contributed by atoms with Crippen molar-refractivity contribution in [1.82, 2.24) is 0 Å². The number of anilines is 1. The van der Waals surface area contributed by atoms with Crippen molar-refractivity contribution < 1.29 is 19.4 Å². The molecule has 0 unspecified atom stereocenters. The molecule has 2 saturated heterocycles. The Morgan fingerprint density at radius 2 is 2.11 bits per heavy atom. The standard InChI is InChI=1S/C14H17NO4/c16-9-12-4-5-13(17)15(12)11-3-1-2-10(8-11)14-18-6-7-19-14/h1-3,8,12,14,16H,4-7,9H2/t12-/m0/s1. The summed E-state index contributed by atoms with van der Waals surface area (Å²) in [6.07, 6.45) is 0.854. The van der Waals surface area contributed by atoms with Crippen LogP contribution < -0.4 is 4.90 Å². The molecule has 0 radical (unpaired) electrons. The minimum absolute atomic E-state index is 0.00754. The van der Waals surface area contributed by atoms with Crippen LogP contribution >= 0.6 is 0 Å². The van der Waals surface area contributed by atoms with Crippen molar-refractivity contribution in [3.63, 3.8) is 0 Å². The number of nitrogens with zero attached hydrogens (tertiary/aromatic N) is 1. The highest BCUT2D eigenvalue weighted by molar-refractivity contribution is 5.96. The molecule has 0 spiro atoms. The Morgan fingerprint density at radius 1 is 1.32 bits per heavy atom. The molecule has 2 aliphatic heterocycles. The van der Waals surface area contributed by atoms with E-state index in [2.05, 4.69) is 0 Å². The first kappa shape index (κ1) is 12.6. The molecule has 1 aromatic rings. The average molecular weight is 263 g/mol. The highest BCUT2D eigenvalue weighted by Crippen LogP contribution is 2.30. The van der Waals surface area contributed by atoms with Gasteiger partial charge in [0.15, 0.2) is 6.29 Å². The maximum Gasteiger partial charge on any atom is 0.227 e. The van der Waals surface area contributed by atoms with Gasteiger partial charge in [0, 0.05) is 17.7 Å². The molecule has 5 nitrogen and oxygen atoms in total. The van der Waals surface area contributed by atoms with Crippen molar-refractivity contribution in [2.24, 2.45) is 0 Å². The largest absolute Gasteiger partial charge is 0.394 e. The van der Waals surface area contributed by atoms with E-state index >= 15 is 0 Å². The maximum absolute atomic E-state index is 11.9. The summed E-state index contributed by atoms with van der Waals surface area (Å²) < 4.78 is 10.9. The fraction of sp³-hybridized carbons (Fsp3) is 0.500. The van der Waals surface area contributed by atoms with E-state index in [4.69, 9.17) is 9.47 Å². The van der Waals surface area contributed by atoms with E-state index in [-0.39, 0.29) is 24.8 Å². The zero-order valence-electron chi connectivity index (χ0n) is 10.6. The third-order valence-electron chi connectivity index (χ3n) is 3.58. The third kappa shape index (κ3) is 2.36. The number of aliphatic hydroxyl groups excluding tert-OH is 1. The van der Waals surface area contributed by atoms with Crippen LogP contribution in [-0.2, 0) is 14.3 Å². The van der Waals surface area contributed by atoms with Crippen LogP contribution in [0.1, 0.15) is 24.7 Å². The van der Waals surface area contributed by atoms with Gasteiger partial charge in [0.05, 0.1) is 25.9 Å². The van der Waals surface area contributed by atoms with Crippen LogP contribution in [0.4, 0.5) is 5.69 Å². The second kappa shape index (κ2) is 5.28. The van der Waals surface area contributed by atoms with Crippen molar-refractivity contribution >= 4 is 11.6 Å². The number of carbonyl (C=O) groups is 1. The van der Waals surface area contributed by atoms with Crippen LogP contribution in [0.5, 0.6) is 0 Å². The Morgan fingerprint density at radius 3 is 2.84 bits per heavy atom. The second-order valence-electron chi connectivity index (χ2n) is 4.81. The van der Waals surface area contributed by atoms with E-state index in [0.29, 0.717) is 26.1 Å². The van der Waals surface area contributed by atoms with Crippen LogP contribution in [0.15, 0.2) is 24.3 Å². The van der Waals surface area contributed by atoms with E-state index in [1.54, 1.807) is 4.90 Å². The number of carbonyl (C=O) groups excluding carboxylic acids is 1. The molecule has 19 heavy (non-hydrogen) atoms. The first-order valence-corrected chi connectivity index (χ1v) is 6.55. The molecule has 0 bridgehead atoms. The van der Waals surface area contributed by atoms with Gasteiger partial charge in [-0.15, -0.1) is 0 Å². The molecule has 1 aromatic carbocycles. The van der Waals surface area contributed by atoms with Crippen molar-refractivity contribution in [2.45, 2.75) is 25.2 Å². The Labute approximate surface area is 111 Å². The number of rotatable bonds is 3. The van der Waals surface area contributed by atoms with Gasteiger partial charge in [0.2, 0.25) is 5.91 Å². The molecular formula is C14H17NO4. The summed E-state index contributed by atoms with van der Waals surface area (Å²) in [7, 11) is 0. The Bertz CT molecular complexity index is 470. The summed E-state index contributed by atoms with van der Waals surface area (Å²) in [6.45, 7) is 1.18. The van der Waals surface area contributed by atoms with E-state index in [9.17, 15) is 9.90 Å². The molecule has 2 heterocycles. The maximum atomic E-state index is 11.9. The first-order valence-electron chi connectivity index (χ1n) is 6.55. The summed E-state index contributed by atoms with van der Waals surface area (Å²) in [5, 5.41) is 9.35. The van der Waals surface area contributed by atoms with Gasteiger partial charge >= 0.3 is 0 Å². The molecule has 0 aromatic heterocycles. The summed E-state index contributed by atoms with van der Waals surface area (Å²) in [6, 6.07) is 7.48. The third-order valence-corrected chi connectivity index (χ3v) is 3.58. The fourth-order valence-electron chi connectivity index (χ4n) is 2.64. The van der Waals surface area contributed by atoms with Crippen molar-refractivity contribution in [2.75, 3.05) is 24.7 Å². The number of hydrogen-bond donors (Lipinski definition) is 1. The highest BCUT2D eigenvalue weighted by Gasteiger charge is 2.32. The number of aliphatic hydroxyl groups is 1. The molecule has 0 saturated carbocycles. The monoisotopic (exact) mass is 263 g/mol. The number of benzene rings is 1. The van der Waals surface area contributed by atoms with Gasteiger partial charge in [-0.2, -0.15) is 0 Å². The zero-order valence-corrected chi connectivity index (χ0v) is 10.6. The zero-order chi connectivity index (χ0) is 13.2. The summed E-state index contributed by atoms with van der Waals surface area (Å²) >= 11 is 0. The Hall–Kier alpha value is -1.43. The minimum Gasteiger partial charge on any atom is -0.394 e. The Balaban J connectivity index is 1.87. The van der Waals surface area contributed by atoms with Gasteiger partial charge in [-0.05, 0) is 18.6 Å². The smallest absolute Gasteiger partial charge is 0.227 e. The number of ether oxygens (including phenoxy) is 2. The van der Waals surface area contributed by atoms with Crippen LogP contribution in [0.25, 0.3) is 0 Å². The summed E-state index contributed by atoms with van der Waals surface area (Å²) in [5.41, 5.74) is 1.71. The van der Waals surface area contributed by atoms with Crippen LogP contribution in [0, 0.1) is 0 Å². The lowest BCUT2D eigenvalue weighted by atomic mass is 10.1. The van der Waals surface area contributed by atoms with E-state index in [1.807, 2.05) is 24.3 Å². The predicted molar refractivity (Wildman–Crippen MR) is 68.7 cm³/mol. The first-order chi connectivity index (χ1) is 9.29. The van der Waals surface area contributed by atoms with Crippen LogP contribution in [0.2, 0.25) is 0 Å². The minimum atomic E-state index is -0.342. The summed E-state index contributed by atoms with van der Waals surface area (Å²) in [5.74, 6) is 0.0597. The predicted octanol–water partition coefficient (Wildman–Crippen LogP) is 1.22. The van der Waals surface area contributed by atoms with E-state index in [0.717, 1.165) is 11.3 Å². The normalized spacial score (nSPS) is 24.4. The SMILES string of the molecule is O=C1CC[C@@H](CO)N1c1cccc(C2OCCO2)c1. The lowest BCUT2D eigenvalue weighted by Crippen LogP contribution is -2.35. The van der Waals surface area contributed by atoms with Gasteiger partial charge < -0.3 is 19.5 Å². The summed E-state index contributed by atoms with van der Waals surface area (Å²) in [4.78, 5) is 13.6. The van der Waals surface area contributed by atoms with Crippen molar-refractivity contribution in [3.8, 4) is 0 Å². The quantitative estimate of drug-likeness (QED) is 0.890. The molecule has 1 atom stereocenters. The molecule has 3 rings (SSSR count). The second-order valence-corrected chi connectivity index (χ2v) is 4.81. The lowest BCUT2D eigenvalue weighted by Gasteiger charge is -2.24. The molecule has 2 aliphatic rings. The van der Waals surface area contributed by atoms with Crippen LogP contribution in [0.3, 0.4) is 0 Å². The van der Waals surface area contributed by atoms with Gasteiger partial charge in [-0.25, -0.2) is 0 Å². The molecular weight excluding hydrogens is 246 g/mol. The van der Waals surface area contributed by atoms with Gasteiger partial charge in [-0.1, -0.05) is 12.1 Å². The molecule has 1 N–H and O–H groups in total. The van der Waals surface area contributed by atoms with E-state index < -0.39 is 0 Å². The molecule has 1 amide bonds. The average Bonchev–Trinajstić information content (AvgIpc) is 3.08. The van der Waals surface area contributed by atoms with Gasteiger partial charge in [-0.3, -0.25) is 4.79 Å². The molecule has 2 fully saturated rings. The molecule has 102 valence electrons. The number of amides is 1. The fourth-order valence-corrected chi connectivity index (χ4v) is 2.64. The lowest BCUT2D eigenvalue weighted by molar-refractivity contribution is -0.117. The van der Waals surface area contributed by atoms with Crippen molar-refractivity contribution in [3.05, 3.63) is 29.8 Å². The highest BCUT2D eigenvalue weighted by atomic mass is 16.7. The van der Waals surface area contributed by atoms with Gasteiger partial charge in [0.1, 0.15) is 0 Å². The molecule has 0 aliphatic carbocycles. The van der Waals surface area contributed by atoms with Crippen LogP contribution in [-0.4, -0.2) is 36.9 Å². The topological polar surface area (TPSA) is 59.0 Å². The van der Waals surface area contributed by atoms with E-state index in [1.165, 1.54) is 0 Å². The van der Waals surface area contributed by atoms with Gasteiger partial charge in [0.25, 0.3) is 0 Å². The number of hydrogen-bond acceptors (Lipinski definition) is 4. The molecule has 5 heteroatoms.